The van der Waals surface area contributed by atoms with Gasteiger partial charge in [-0.1, -0.05) is 13.8 Å². The SMILES string of the molecule is CC1(C)CCC(C(F)(F)C(=O)O)N(C(=O)OC(C)(C)C)C1. The Bertz CT molecular complexity index is 429. The minimum atomic E-state index is -3.99. The maximum absolute atomic E-state index is 13.9. The van der Waals surface area contributed by atoms with Crippen LogP contribution in [-0.4, -0.2) is 46.2 Å². The van der Waals surface area contributed by atoms with Gasteiger partial charge in [0.2, 0.25) is 0 Å². The van der Waals surface area contributed by atoms with Crippen molar-refractivity contribution in [2.45, 2.75) is 65.0 Å². The van der Waals surface area contributed by atoms with Gasteiger partial charge in [0.05, 0.1) is 0 Å². The normalized spacial score (nSPS) is 22.8. The van der Waals surface area contributed by atoms with Gasteiger partial charge in [-0.05, 0) is 39.0 Å². The maximum Gasteiger partial charge on any atom is 0.410 e. The lowest BCUT2D eigenvalue weighted by Crippen LogP contribution is -2.60. The van der Waals surface area contributed by atoms with Crippen molar-refractivity contribution < 1.29 is 28.2 Å². The molecule has 1 N–H and O–H groups in total. The predicted molar refractivity (Wildman–Crippen MR) is 72.3 cm³/mol. The Morgan fingerprint density at radius 2 is 1.81 bits per heavy atom. The largest absolute Gasteiger partial charge is 0.477 e. The smallest absolute Gasteiger partial charge is 0.410 e. The average molecular weight is 307 g/mol. The van der Waals surface area contributed by atoms with Crippen molar-refractivity contribution in [1.29, 1.82) is 0 Å². The number of carboxylic acids is 1. The fraction of sp³-hybridized carbons (Fsp3) is 0.857. The van der Waals surface area contributed by atoms with Crippen molar-refractivity contribution in [2.75, 3.05) is 6.54 Å². The number of amides is 1. The molecule has 5 nitrogen and oxygen atoms in total. The van der Waals surface area contributed by atoms with E-state index >= 15 is 0 Å². The molecule has 0 aromatic carbocycles. The molecule has 122 valence electrons. The molecule has 0 saturated carbocycles. The highest BCUT2D eigenvalue weighted by molar-refractivity contribution is 5.78. The highest BCUT2D eigenvalue weighted by atomic mass is 19.3. The first-order valence-corrected chi connectivity index (χ1v) is 6.87. The molecule has 1 unspecified atom stereocenters. The molecule has 1 aliphatic heterocycles. The van der Waals surface area contributed by atoms with Gasteiger partial charge in [0.1, 0.15) is 11.6 Å². The molecule has 0 bridgehead atoms. The van der Waals surface area contributed by atoms with E-state index in [0.717, 1.165) is 4.90 Å². The molecule has 1 rings (SSSR count). The summed E-state index contributed by atoms with van der Waals surface area (Å²) in [5, 5.41) is 8.73. The number of alkyl halides is 2. The van der Waals surface area contributed by atoms with Gasteiger partial charge in [0.15, 0.2) is 0 Å². The zero-order valence-corrected chi connectivity index (χ0v) is 13.1. The summed E-state index contributed by atoms with van der Waals surface area (Å²) in [5.41, 5.74) is -1.19. The summed E-state index contributed by atoms with van der Waals surface area (Å²) in [6.45, 7) is 8.62. The molecular formula is C14H23F2NO4. The number of carbonyl (C=O) groups excluding carboxylic acids is 1. The van der Waals surface area contributed by atoms with Crippen molar-refractivity contribution in [3.8, 4) is 0 Å². The van der Waals surface area contributed by atoms with Gasteiger partial charge in [0, 0.05) is 6.54 Å². The number of ether oxygens (including phenoxy) is 1. The monoisotopic (exact) mass is 307 g/mol. The summed E-state index contributed by atoms with van der Waals surface area (Å²) in [7, 11) is 0. The van der Waals surface area contributed by atoms with E-state index in [4.69, 9.17) is 9.84 Å². The third-order valence-corrected chi connectivity index (χ3v) is 3.40. The van der Waals surface area contributed by atoms with Gasteiger partial charge in [-0.25, -0.2) is 9.59 Å². The van der Waals surface area contributed by atoms with Crippen LogP contribution in [0.1, 0.15) is 47.5 Å². The van der Waals surface area contributed by atoms with Crippen molar-refractivity contribution in [1.82, 2.24) is 4.90 Å². The van der Waals surface area contributed by atoms with E-state index in [1.54, 1.807) is 20.8 Å². The van der Waals surface area contributed by atoms with E-state index in [9.17, 15) is 18.4 Å². The van der Waals surface area contributed by atoms with Crippen molar-refractivity contribution in [3.05, 3.63) is 0 Å². The Kier molecular flexibility index (Phi) is 4.56. The predicted octanol–water partition coefficient (Wildman–Crippen LogP) is 3.13. The number of hydrogen-bond acceptors (Lipinski definition) is 3. The maximum atomic E-state index is 13.9. The molecule has 0 radical (unpaired) electrons. The highest BCUT2D eigenvalue weighted by Gasteiger charge is 2.55. The Morgan fingerprint density at radius 1 is 1.29 bits per heavy atom. The summed E-state index contributed by atoms with van der Waals surface area (Å²) in [6.07, 6.45) is -0.563. The summed E-state index contributed by atoms with van der Waals surface area (Å²) >= 11 is 0. The molecule has 1 fully saturated rings. The van der Waals surface area contributed by atoms with Gasteiger partial charge in [-0.2, -0.15) is 8.78 Å². The number of likely N-dealkylation sites (tertiary alicyclic amines) is 1. The Balaban J connectivity index is 3.06. The number of piperidine rings is 1. The lowest BCUT2D eigenvalue weighted by molar-refractivity contribution is -0.179. The molecule has 1 heterocycles. The number of hydrogen-bond donors (Lipinski definition) is 1. The quantitative estimate of drug-likeness (QED) is 0.851. The van der Waals surface area contributed by atoms with Gasteiger partial charge in [-0.15, -0.1) is 0 Å². The molecular weight excluding hydrogens is 284 g/mol. The van der Waals surface area contributed by atoms with Gasteiger partial charge < -0.3 is 9.84 Å². The van der Waals surface area contributed by atoms with Crippen LogP contribution >= 0.6 is 0 Å². The first-order chi connectivity index (χ1) is 9.26. The molecule has 1 atom stereocenters. The van der Waals surface area contributed by atoms with Crippen LogP contribution in [0, 0.1) is 5.41 Å². The zero-order chi connectivity index (χ0) is 16.6. The fourth-order valence-corrected chi connectivity index (χ4v) is 2.37. The van der Waals surface area contributed by atoms with Crippen LogP contribution in [0.3, 0.4) is 0 Å². The van der Waals surface area contributed by atoms with Crippen molar-refractivity contribution in [2.24, 2.45) is 5.41 Å². The second-order valence-corrected chi connectivity index (χ2v) is 7.26. The number of rotatable bonds is 2. The summed E-state index contributed by atoms with van der Waals surface area (Å²) < 4.78 is 32.9. The van der Waals surface area contributed by atoms with Gasteiger partial charge in [-0.3, -0.25) is 4.90 Å². The molecule has 1 saturated heterocycles. The number of nitrogens with zero attached hydrogens (tertiary/aromatic N) is 1. The third-order valence-electron chi connectivity index (χ3n) is 3.40. The zero-order valence-electron chi connectivity index (χ0n) is 13.1. The molecule has 1 amide bonds. The van der Waals surface area contributed by atoms with E-state index in [-0.39, 0.29) is 18.4 Å². The second kappa shape index (κ2) is 5.42. The van der Waals surface area contributed by atoms with Crippen LogP contribution in [0.15, 0.2) is 0 Å². The van der Waals surface area contributed by atoms with E-state index in [2.05, 4.69) is 0 Å². The minimum absolute atomic E-state index is 0.0372. The highest BCUT2D eigenvalue weighted by Crippen LogP contribution is 2.39. The van der Waals surface area contributed by atoms with Crippen LogP contribution in [0.2, 0.25) is 0 Å². The van der Waals surface area contributed by atoms with E-state index < -0.39 is 29.6 Å². The fourth-order valence-electron chi connectivity index (χ4n) is 2.37. The summed E-state index contributed by atoms with van der Waals surface area (Å²) in [6, 6.07) is -1.68. The van der Waals surface area contributed by atoms with E-state index in [0.29, 0.717) is 6.42 Å². The van der Waals surface area contributed by atoms with Gasteiger partial charge in [0.25, 0.3) is 0 Å². The molecule has 0 spiro atoms. The summed E-state index contributed by atoms with van der Waals surface area (Å²) in [4.78, 5) is 23.8. The first-order valence-electron chi connectivity index (χ1n) is 6.87. The standard InChI is InChI=1S/C14H23F2NO4/c1-12(2,3)21-11(20)17-8-13(4,5)7-6-9(17)14(15,16)10(18)19/h9H,6-8H2,1-5H3,(H,18,19). The Hall–Kier alpha value is -1.40. The number of aliphatic carboxylic acids is 1. The Morgan fingerprint density at radius 3 is 2.24 bits per heavy atom. The second-order valence-electron chi connectivity index (χ2n) is 7.26. The average Bonchev–Trinajstić information content (AvgIpc) is 2.24. The van der Waals surface area contributed by atoms with Crippen LogP contribution in [0.5, 0.6) is 0 Å². The first kappa shape index (κ1) is 17.7. The molecule has 0 aliphatic carbocycles. The molecule has 21 heavy (non-hydrogen) atoms. The van der Waals surface area contributed by atoms with E-state index in [1.807, 2.05) is 13.8 Å². The molecule has 7 heteroatoms. The number of halogens is 2. The molecule has 1 aliphatic rings. The molecule has 0 aromatic heterocycles. The topological polar surface area (TPSA) is 66.8 Å². The van der Waals surface area contributed by atoms with E-state index in [1.165, 1.54) is 0 Å². The van der Waals surface area contributed by atoms with Crippen molar-refractivity contribution >= 4 is 12.1 Å². The Labute approximate surface area is 123 Å². The van der Waals surface area contributed by atoms with Crippen molar-refractivity contribution in [3.63, 3.8) is 0 Å². The number of carboxylic acid groups (broad SMARTS) is 1. The number of carbonyl (C=O) groups is 2. The summed E-state index contributed by atoms with van der Waals surface area (Å²) in [5.74, 6) is -6.21. The lowest BCUT2D eigenvalue weighted by atomic mass is 9.80. The third kappa shape index (κ3) is 4.28. The van der Waals surface area contributed by atoms with Crippen LogP contribution in [0.4, 0.5) is 13.6 Å². The van der Waals surface area contributed by atoms with Crippen LogP contribution < -0.4 is 0 Å². The molecule has 0 aromatic rings. The van der Waals surface area contributed by atoms with Crippen LogP contribution in [-0.2, 0) is 9.53 Å². The van der Waals surface area contributed by atoms with Crippen LogP contribution in [0.25, 0.3) is 0 Å². The van der Waals surface area contributed by atoms with Gasteiger partial charge >= 0.3 is 18.0 Å². The lowest BCUT2D eigenvalue weighted by Gasteiger charge is -2.45. The minimum Gasteiger partial charge on any atom is -0.477 e.